The lowest BCUT2D eigenvalue weighted by Crippen LogP contribution is -2.21. The molecule has 4 heteroatoms. The van der Waals surface area contributed by atoms with Crippen molar-refractivity contribution in [3.8, 4) is 5.75 Å². The summed E-state index contributed by atoms with van der Waals surface area (Å²) < 4.78 is 20.5. The van der Waals surface area contributed by atoms with Crippen LogP contribution in [-0.4, -0.2) is 5.78 Å². The van der Waals surface area contributed by atoms with Crippen molar-refractivity contribution in [3.63, 3.8) is 0 Å². The van der Waals surface area contributed by atoms with Crippen LogP contribution in [0.5, 0.6) is 5.75 Å². The number of carbonyl (C=O) groups excluding carboxylic acids is 1. The quantitative estimate of drug-likeness (QED) is 0.761. The third-order valence-electron chi connectivity index (χ3n) is 3.38. The highest BCUT2D eigenvalue weighted by atomic mass is 79.9. The van der Waals surface area contributed by atoms with Gasteiger partial charge in [0, 0.05) is 10.0 Å². The minimum atomic E-state index is -0.559. The molecule has 20 heavy (non-hydrogen) atoms. The van der Waals surface area contributed by atoms with Gasteiger partial charge in [-0.15, -0.1) is 0 Å². The summed E-state index contributed by atoms with van der Waals surface area (Å²) in [4.78, 5) is 12.2. The lowest BCUT2D eigenvalue weighted by molar-refractivity contribution is 0.0845. The molecule has 0 amide bonds. The average molecular weight is 335 g/mol. The molecule has 0 aromatic heterocycles. The number of fused-ring (bicyclic) bond motifs is 1. The van der Waals surface area contributed by atoms with Gasteiger partial charge in [-0.1, -0.05) is 27.6 Å². The van der Waals surface area contributed by atoms with Gasteiger partial charge in [0.2, 0.25) is 0 Å². The maximum absolute atomic E-state index is 13.9. The van der Waals surface area contributed by atoms with Crippen LogP contribution in [0.3, 0.4) is 0 Å². The lowest BCUT2D eigenvalue weighted by Gasteiger charge is -2.26. The smallest absolute Gasteiger partial charge is 0.170 e. The fourth-order valence-electron chi connectivity index (χ4n) is 2.38. The van der Waals surface area contributed by atoms with Gasteiger partial charge in [0.15, 0.2) is 5.78 Å². The Balaban J connectivity index is 2.01. The lowest BCUT2D eigenvalue weighted by atomic mass is 9.95. The second-order valence-electron chi connectivity index (χ2n) is 4.90. The predicted octanol–water partition coefficient (Wildman–Crippen LogP) is 4.60. The van der Waals surface area contributed by atoms with Crippen molar-refractivity contribution in [2.45, 2.75) is 19.4 Å². The van der Waals surface area contributed by atoms with Gasteiger partial charge < -0.3 is 4.74 Å². The van der Waals surface area contributed by atoms with Gasteiger partial charge in [0.05, 0.1) is 12.0 Å². The van der Waals surface area contributed by atoms with E-state index in [0.717, 1.165) is 10.0 Å². The van der Waals surface area contributed by atoms with E-state index in [1.54, 1.807) is 30.3 Å². The molecule has 2 aromatic rings. The molecule has 1 aliphatic heterocycles. The number of halogens is 2. The maximum atomic E-state index is 13.9. The Hall–Kier alpha value is -1.68. The molecule has 0 spiro atoms. The van der Waals surface area contributed by atoms with Crippen molar-refractivity contribution in [3.05, 3.63) is 63.4 Å². The number of aryl methyl sites for hydroxylation is 1. The van der Waals surface area contributed by atoms with Crippen molar-refractivity contribution in [2.75, 3.05) is 0 Å². The minimum absolute atomic E-state index is 0.0292. The number of Topliss-reactive ketones (excluding diaryl/α,β-unsaturated/α-hetero) is 1. The molecule has 3 rings (SSSR count). The zero-order valence-electron chi connectivity index (χ0n) is 10.8. The van der Waals surface area contributed by atoms with Crippen LogP contribution >= 0.6 is 15.9 Å². The molecule has 0 radical (unpaired) electrons. The molecule has 0 fully saturated rings. The first-order valence-electron chi connectivity index (χ1n) is 6.30. The molecule has 0 saturated carbocycles. The Bertz CT molecular complexity index is 697. The van der Waals surface area contributed by atoms with E-state index in [1.165, 1.54) is 6.07 Å². The summed E-state index contributed by atoms with van der Waals surface area (Å²) in [6, 6.07) is 10.1. The summed E-state index contributed by atoms with van der Waals surface area (Å²) in [5, 5.41) is 0. The van der Waals surface area contributed by atoms with E-state index >= 15 is 0 Å². The molecule has 102 valence electrons. The molecule has 0 aliphatic carbocycles. The average Bonchev–Trinajstić information content (AvgIpc) is 2.42. The van der Waals surface area contributed by atoms with Crippen LogP contribution in [0.1, 0.15) is 34.0 Å². The summed E-state index contributed by atoms with van der Waals surface area (Å²) in [6.45, 7) is 1.89. The van der Waals surface area contributed by atoms with Crippen molar-refractivity contribution in [1.82, 2.24) is 0 Å². The fraction of sp³-hybridized carbons (Fsp3) is 0.188. The van der Waals surface area contributed by atoms with E-state index < -0.39 is 6.10 Å². The minimum Gasteiger partial charge on any atom is -0.484 e. The zero-order valence-corrected chi connectivity index (χ0v) is 12.4. The first-order chi connectivity index (χ1) is 9.54. The van der Waals surface area contributed by atoms with Gasteiger partial charge in [0.1, 0.15) is 17.7 Å². The van der Waals surface area contributed by atoms with E-state index in [0.29, 0.717) is 16.9 Å². The molecule has 0 saturated heterocycles. The van der Waals surface area contributed by atoms with Gasteiger partial charge in [-0.05, 0) is 37.3 Å². The fourth-order valence-corrected chi connectivity index (χ4v) is 2.74. The Kier molecular flexibility index (Phi) is 3.34. The highest BCUT2D eigenvalue weighted by Gasteiger charge is 2.29. The Morgan fingerprint density at radius 3 is 2.85 bits per heavy atom. The largest absolute Gasteiger partial charge is 0.484 e. The summed E-state index contributed by atoms with van der Waals surface area (Å²) in [7, 11) is 0. The van der Waals surface area contributed by atoms with Crippen LogP contribution in [-0.2, 0) is 0 Å². The molecule has 0 N–H and O–H groups in total. The third-order valence-corrected chi connectivity index (χ3v) is 3.87. The molecule has 1 atom stereocenters. The molecular formula is C16H12BrFO2. The molecule has 0 bridgehead atoms. The Morgan fingerprint density at radius 2 is 2.05 bits per heavy atom. The van der Waals surface area contributed by atoms with E-state index in [1.807, 2.05) is 6.92 Å². The van der Waals surface area contributed by atoms with Crippen LogP contribution in [0.4, 0.5) is 4.39 Å². The molecule has 1 aliphatic rings. The van der Waals surface area contributed by atoms with E-state index in [4.69, 9.17) is 4.74 Å². The van der Waals surface area contributed by atoms with E-state index in [2.05, 4.69) is 15.9 Å². The van der Waals surface area contributed by atoms with Crippen molar-refractivity contribution in [1.29, 1.82) is 0 Å². The molecule has 2 aromatic carbocycles. The third kappa shape index (κ3) is 2.36. The second-order valence-corrected chi connectivity index (χ2v) is 5.81. The normalized spacial score (nSPS) is 17.6. The van der Waals surface area contributed by atoms with Crippen molar-refractivity contribution >= 4 is 21.7 Å². The van der Waals surface area contributed by atoms with Crippen LogP contribution in [0.25, 0.3) is 0 Å². The van der Waals surface area contributed by atoms with Crippen LogP contribution in [0.15, 0.2) is 40.9 Å². The monoisotopic (exact) mass is 334 g/mol. The topological polar surface area (TPSA) is 26.3 Å². The number of hydrogen-bond donors (Lipinski definition) is 0. The Labute approximate surface area is 124 Å². The molecule has 2 nitrogen and oxygen atoms in total. The van der Waals surface area contributed by atoms with Crippen LogP contribution in [0.2, 0.25) is 0 Å². The number of benzene rings is 2. The van der Waals surface area contributed by atoms with Crippen LogP contribution in [0, 0.1) is 12.7 Å². The summed E-state index contributed by atoms with van der Waals surface area (Å²) in [5.74, 6) is 0.141. The predicted molar refractivity (Wildman–Crippen MR) is 77.6 cm³/mol. The number of ether oxygens (including phenoxy) is 1. The zero-order chi connectivity index (χ0) is 14.3. The van der Waals surface area contributed by atoms with E-state index in [9.17, 15) is 9.18 Å². The Morgan fingerprint density at radius 1 is 1.25 bits per heavy atom. The molecule has 1 unspecified atom stereocenters. The first kappa shape index (κ1) is 13.3. The molecule has 1 heterocycles. The number of rotatable bonds is 1. The van der Waals surface area contributed by atoms with Gasteiger partial charge >= 0.3 is 0 Å². The van der Waals surface area contributed by atoms with Gasteiger partial charge in [-0.25, -0.2) is 4.39 Å². The van der Waals surface area contributed by atoms with Crippen molar-refractivity contribution < 1.29 is 13.9 Å². The van der Waals surface area contributed by atoms with Gasteiger partial charge in [-0.2, -0.15) is 0 Å². The number of ketones is 1. The maximum Gasteiger partial charge on any atom is 0.170 e. The van der Waals surface area contributed by atoms with Gasteiger partial charge in [0.25, 0.3) is 0 Å². The summed E-state index contributed by atoms with van der Waals surface area (Å²) >= 11 is 3.33. The van der Waals surface area contributed by atoms with E-state index in [-0.39, 0.29) is 18.0 Å². The number of carbonyl (C=O) groups is 1. The van der Waals surface area contributed by atoms with Gasteiger partial charge in [-0.3, -0.25) is 4.79 Å². The molecular weight excluding hydrogens is 323 g/mol. The standard InChI is InChI=1S/C16H12BrFO2/c1-9-2-4-13(18)11(6-9)16-8-14(19)12-7-10(17)3-5-15(12)20-16/h2-7,16H,8H2,1H3. The highest BCUT2D eigenvalue weighted by Crippen LogP contribution is 2.37. The van der Waals surface area contributed by atoms with Crippen molar-refractivity contribution in [2.24, 2.45) is 0 Å². The SMILES string of the molecule is Cc1ccc(F)c(C2CC(=O)c3cc(Br)ccc3O2)c1. The summed E-state index contributed by atoms with van der Waals surface area (Å²) in [6.07, 6.45) is -0.403. The second kappa shape index (κ2) is 5.02. The highest BCUT2D eigenvalue weighted by molar-refractivity contribution is 9.10. The number of hydrogen-bond acceptors (Lipinski definition) is 2. The summed E-state index contributed by atoms with van der Waals surface area (Å²) in [5.41, 5.74) is 1.93. The first-order valence-corrected chi connectivity index (χ1v) is 7.09. The van der Waals surface area contributed by atoms with Crippen LogP contribution < -0.4 is 4.74 Å².